The third kappa shape index (κ3) is 2.35. The SMILES string of the molecule is C/C(C=O)=C\c1ccc(Br)o1. The minimum absolute atomic E-state index is 0.645. The molecule has 1 rings (SSSR count). The van der Waals surface area contributed by atoms with Gasteiger partial charge in [0.15, 0.2) is 4.67 Å². The largest absolute Gasteiger partial charge is 0.450 e. The van der Waals surface area contributed by atoms with Crippen molar-refractivity contribution in [2.24, 2.45) is 0 Å². The van der Waals surface area contributed by atoms with E-state index in [-0.39, 0.29) is 0 Å². The molecule has 0 saturated carbocycles. The molecule has 0 radical (unpaired) electrons. The first-order valence-electron chi connectivity index (χ1n) is 3.11. The molecule has 11 heavy (non-hydrogen) atoms. The lowest BCUT2D eigenvalue weighted by Crippen LogP contribution is -1.73. The Hall–Kier alpha value is -0.830. The molecule has 1 aromatic heterocycles. The zero-order valence-corrected chi connectivity index (χ0v) is 7.59. The van der Waals surface area contributed by atoms with Crippen LogP contribution in [0.1, 0.15) is 12.7 Å². The Labute approximate surface area is 73.0 Å². The second-order valence-corrected chi connectivity index (χ2v) is 2.93. The van der Waals surface area contributed by atoms with Crippen LogP contribution in [0.25, 0.3) is 6.08 Å². The van der Waals surface area contributed by atoms with E-state index in [1.807, 2.05) is 0 Å². The molecule has 0 fully saturated rings. The van der Waals surface area contributed by atoms with E-state index in [4.69, 9.17) is 4.42 Å². The predicted molar refractivity (Wildman–Crippen MR) is 46.1 cm³/mol. The number of carbonyl (C=O) groups excluding carboxylic acids is 1. The lowest BCUT2D eigenvalue weighted by atomic mass is 10.3. The van der Waals surface area contributed by atoms with Gasteiger partial charge in [-0.15, -0.1) is 0 Å². The van der Waals surface area contributed by atoms with Gasteiger partial charge in [-0.2, -0.15) is 0 Å². The first-order chi connectivity index (χ1) is 5.22. The summed E-state index contributed by atoms with van der Waals surface area (Å²) in [4.78, 5) is 10.2. The third-order valence-corrected chi connectivity index (χ3v) is 1.58. The zero-order valence-electron chi connectivity index (χ0n) is 6.00. The van der Waals surface area contributed by atoms with Crippen molar-refractivity contribution in [3.63, 3.8) is 0 Å². The molecule has 2 nitrogen and oxygen atoms in total. The maximum Gasteiger partial charge on any atom is 0.169 e. The minimum Gasteiger partial charge on any atom is -0.450 e. The smallest absolute Gasteiger partial charge is 0.169 e. The number of hydrogen-bond acceptors (Lipinski definition) is 2. The molecule has 0 bridgehead atoms. The molecule has 0 amide bonds. The van der Waals surface area contributed by atoms with Gasteiger partial charge in [0.2, 0.25) is 0 Å². The van der Waals surface area contributed by atoms with E-state index in [0.29, 0.717) is 16.0 Å². The number of allylic oxidation sites excluding steroid dienone is 1. The number of aldehydes is 1. The van der Waals surface area contributed by atoms with Gasteiger partial charge in [0.25, 0.3) is 0 Å². The predicted octanol–water partition coefficient (Wildman–Crippen LogP) is 2.64. The lowest BCUT2D eigenvalue weighted by Gasteiger charge is -1.85. The Balaban J connectivity index is 2.86. The van der Waals surface area contributed by atoms with Gasteiger partial charge >= 0.3 is 0 Å². The van der Waals surface area contributed by atoms with E-state index in [1.54, 1.807) is 25.1 Å². The highest BCUT2D eigenvalue weighted by Crippen LogP contribution is 2.15. The van der Waals surface area contributed by atoms with E-state index in [9.17, 15) is 4.79 Å². The lowest BCUT2D eigenvalue weighted by molar-refractivity contribution is -0.104. The minimum atomic E-state index is 0.645. The average Bonchev–Trinajstić information content (AvgIpc) is 2.35. The van der Waals surface area contributed by atoms with E-state index >= 15 is 0 Å². The second-order valence-electron chi connectivity index (χ2n) is 2.15. The van der Waals surface area contributed by atoms with E-state index in [1.165, 1.54) is 0 Å². The van der Waals surface area contributed by atoms with Crippen molar-refractivity contribution in [2.45, 2.75) is 6.92 Å². The Morgan fingerprint density at radius 3 is 2.82 bits per heavy atom. The van der Waals surface area contributed by atoms with Crippen molar-refractivity contribution in [1.82, 2.24) is 0 Å². The molecule has 0 N–H and O–H groups in total. The number of carbonyl (C=O) groups is 1. The summed E-state index contributed by atoms with van der Waals surface area (Å²) in [5.74, 6) is 0.682. The molecule has 0 atom stereocenters. The molecule has 0 saturated heterocycles. The van der Waals surface area contributed by atoms with E-state index < -0.39 is 0 Å². The van der Waals surface area contributed by atoms with Crippen LogP contribution in [0, 0.1) is 0 Å². The van der Waals surface area contributed by atoms with Crippen LogP contribution < -0.4 is 0 Å². The summed E-state index contributed by atoms with van der Waals surface area (Å²) in [6.45, 7) is 1.73. The fraction of sp³-hybridized carbons (Fsp3) is 0.125. The molecule has 0 aliphatic carbocycles. The molecule has 0 unspecified atom stereocenters. The number of halogens is 1. The normalized spacial score (nSPS) is 11.6. The van der Waals surface area contributed by atoms with Crippen molar-refractivity contribution in [3.8, 4) is 0 Å². The van der Waals surface area contributed by atoms with Crippen molar-refractivity contribution in [2.75, 3.05) is 0 Å². The van der Waals surface area contributed by atoms with Gasteiger partial charge in [-0.1, -0.05) is 0 Å². The van der Waals surface area contributed by atoms with Crippen LogP contribution >= 0.6 is 15.9 Å². The molecular formula is C8H7BrO2. The van der Waals surface area contributed by atoms with E-state index in [0.717, 1.165) is 6.29 Å². The summed E-state index contributed by atoms with van der Waals surface area (Å²) >= 11 is 3.16. The van der Waals surface area contributed by atoms with Crippen LogP contribution in [0.15, 0.2) is 26.8 Å². The Bertz CT molecular complexity index is 286. The van der Waals surface area contributed by atoms with E-state index in [2.05, 4.69) is 15.9 Å². The van der Waals surface area contributed by atoms with Gasteiger partial charge in [-0.3, -0.25) is 4.79 Å². The molecule has 0 aromatic carbocycles. The number of furan rings is 1. The first kappa shape index (κ1) is 8.27. The van der Waals surface area contributed by atoms with Gasteiger partial charge in [0.05, 0.1) is 0 Å². The van der Waals surface area contributed by atoms with Crippen molar-refractivity contribution < 1.29 is 9.21 Å². The van der Waals surface area contributed by atoms with Crippen molar-refractivity contribution >= 4 is 28.3 Å². The molecule has 1 aromatic rings. The van der Waals surface area contributed by atoms with Crippen LogP contribution in [-0.4, -0.2) is 6.29 Å². The maximum absolute atomic E-state index is 10.2. The molecule has 0 spiro atoms. The molecule has 58 valence electrons. The standard InChI is InChI=1S/C8H7BrO2/c1-6(5-10)4-7-2-3-8(9)11-7/h2-5H,1H3/b6-4+. The second kappa shape index (κ2) is 3.53. The fourth-order valence-electron chi connectivity index (χ4n) is 0.664. The maximum atomic E-state index is 10.2. The van der Waals surface area contributed by atoms with Crippen LogP contribution in [0.3, 0.4) is 0 Å². The molecular weight excluding hydrogens is 208 g/mol. The average molecular weight is 215 g/mol. The van der Waals surface area contributed by atoms with Gasteiger partial charge < -0.3 is 4.42 Å². The monoisotopic (exact) mass is 214 g/mol. The zero-order chi connectivity index (χ0) is 8.27. The van der Waals surface area contributed by atoms with Crippen LogP contribution in [-0.2, 0) is 4.79 Å². The van der Waals surface area contributed by atoms with Crippen LogP contribution in [0.2, 0.25) is 0 Å². The van der Waals surface area contributed by atoms with Gasteiger partial charge in [-0.05, 0) is 46.6 Å². The molecule has 0 aliphatic heterocycles. The Kier molecular flexibility index (Phi) is 2.65. The summed E-state index contributed by atoms with van der Waals surface area (Å²) in [6, 6.07) is 3.57. The third-order valence-electron chi connectivity index (χ3n) is 1.15. The van der Waals surface area contributed by atoms with Gasteiger partial charge in [0, 0.05) is 0 Å². The molecule has 1 heterocycles. The Morgan fingerprint density at radius 1 is 1.64 bits per heavy atom. The van der Waals surface area contributed by atoms with Crippen molar-refractivity contribution in [3.05, 3.63) is 28.1 Å². The topological polar surface area (TPSA) is 30.2 Å². The number of rotatable bonds is 2. The summed E-state index contributed by atoms with van der Waals surface area (Å²) in [5, 5.41) is 0. The molecule has 3 heteroatoms. The summed E-state index contributed by atoms with van der Waals surface area (Å²) in [5.41, 5.74) is 0.645. The van der Waals surface area contributed by atoms with Gasteiger partial charge in [0.1, 0.15) is 12.0 Å². The van der Waals surface area contributed by atoms with Crippen LogP contribution in [0.4, 0.5) is 0 Å². The summed E-state index contributed by atoms with van der Waals surface area (Å²) in [6.07, 6.45) is 2.47. The quantitative estimate of drug-likeness (QED) is 0.560. The highest BCUT2D eigenvalue weighted by atomic mass is 79.9. The fourth-order valence-corrected chi connectivity index (χ4v) is 0.983. The highest BCUT2D eigenvalue weighted by molar-refractivity contribution is 9.10. The summed E-state index contributed by atoms with van der Waals surface area (Å²) in [7, 11) is 0. The first-order valence-corrected chi connectivity index (χ1v) is 3.90. The summed E-state index contributed by atoms with van der Waals surface area (Å²) < 4.78 is 5.81. The van der Waals surface area contributed by atoms with Crippen molar-refractivity contribution in [1.29, 1.82) is 0 Å². The highest BCUT2D eigenvalue weighted by Gasteiger charge is 1.94. The van der Waals surface area contributed by atoms with Crippen LogP contribution in [0.5, 0.6) is 0 Å². The Morgan fingerprint density at radius 2 is 2.36 bits per heavy atom. The number of hydrogen-bond donors (Lipinski definition) is 0. The molecule has 0 aliphatic rings. The van der Waals surface area contributed by atoms with Gasteiger partial charge in [-0.25, -0.2) is 0 Å².